The van der Waals surface area contributed by atoms with E-state index >= 15 is 0 Å². The van der Waals surface area contributed by atoms with E-state index in [0.29, 0.717) is 29.5 Å². The molecule has 22 heavy (non-hydrogen) atoms. The number of ketones is 1. The number of rotatable bonds is 2. The molecule has 0 unspecified atom stereocenters. The van der Waals surface area contributed by atoms with Gasteiger partial charge in [0.1, 0.15) is 5.69 Å². The highest BCUT2D eigenvalue weighted by Crippen LogP contribution is 2.25. The fraction of sp³-hybridized carbons (Fsp3) is 0.188. The number of aryl methyl sites for hydroxylation is 1. The Hall–Kier alpha value is -2.89. The molecule has 1 aliphatic carbocycles. The smallest absolute Gasteiger partial charge is 0.266 e. The van der Waals surface area contributed by atoms with Gasteiger partial charge in [0, 0.05) is 24.4 Å². The Morgan fingerprint density at radius 3 is 2.82 bits per heavy atom. The normalized spacial score (nSPS) is 13.9. The lowest BCUT2D eigenvalue weighted by molar-refractivity contribution is 0.0971. The molecule has 0 amide bonds. The second kappa shape index (κ2) is 5.14. The van der Waals surface area contributed by atoms with E-state index < -0.39 is 0 Å². The molecule has 4 rings (SSSR count). The minimum atomic E-state index is 0.155. The van der Waals surface area contributed by atoms with Gasteiger partial charge in [0.2, 0.25) is 5.89 Å². The van der Waals surface area contributed by atoms with Crippen LogP contribution in [0.1, 0.15) is 28.9 Å². The van der Waals surface area contributed by atoms with Crippen LogP contribution in [0, 0.1) is 0 Å². The van der Waals surface area contributed by atoms with Crippen molar-refractivity contribution in [3.05, 3.63) is 47.9 Å². The van der Waals surface area contributed by atoms with Crippen LogP contribution in [0.15, 0.2) is 41.1 Å². The lowest BCUT2D eigenvalue weighted by Gasteiger charge is -2.13. The summed E-state index contributed by atoms with van der Waals surface area (Å²) in [5.74, 6) is 0.903. The first-order chi connectivity index (χ1) is 10.8. The standard InChI is InChI=1S/C16H12N4O2/c21-14-5-1-4-12-11(14)6-7-13(18-12)16-20-19-15(22-16)10-3-2-8-17-9-10/h2-3,6-9H,1,4-5H2. The fourth-order valence-electron chi connectivity index (χ4n) is 2.55. The lowest BCUT2D eigenvalue weighted by Crippen LogP contribution is -2.12. The fourth-order valence-corrected chi connectivity index (χ4v) is 2.55. The zero-order valence-electron chi connectivity index (χ0n) is 11.7. The van der Waals surface area contributed by atoms with Gasteiger partial charge >= 0.3 is 0 Å². The third-order valence-electron chi connectivity index (χ3n) is 3.64. The summed E-state index contributed by atoms with van der Waals surface area (Å²) in [7, 11) is 0. The van der Waals surface area contributed by atoms with Crippen LogP contribution < -0.4 is 0 Å². The first kappa shape index (κ1) is 12.8. The number of hydrogen-bond donors (Lipinski definition) is 0. The van der Waals surface area contributed by atoms with Crippen LogP contribution in [0.4, 0.5) is 0 Å². The Balaban J connectivity index is 1.71. The quantitative estimate of drug-likeness (QED) is 0.722. The minimum Gasteiger partial charge on any atom is -0.415 e. The van der Waals surface area contributed by atoms with Crippen LogP contribution in [0.5, 0.6) is 0 Å². The predicted octanol–water partition coefficient (Wildman–Crippen LogP) is 2.71. The molecule has 0 fully saturated rings. The lowest BCUT2D eigenvalue weighted by atomic mass is 9.94. The Bertz CT molecular complexity index is 842. The molecule has 6 heteroatoms. The second-order valence-corrected chi connectivity index (χ2v) is 5.12. The molecule has 1 aliphatic rings. The summed E-state index contributed by atoms with van der Waals surface area (Å²) in [6.07, 6.45) is 5.59. The molecule has 3 heterocycles. The molecule has 0 aromatic carbocycles. The van der Waals surface area contributed by atoms with E-state index in [9.17, 15) is 4.79 Å². The van der Waals surface area contributed by atoms with Crippen molar-refractivity contribution < 1.29 is 9.21 Å². The average Bonchev–Trinajstić information content (AvgIpc) is 3.06. The highest BCUT2D eigenvalue weighted by atomic mass is 16.4. The van der Waals surface area contributed by atoms with Crippen molar-refractivity contribution in [3.63, 3.8) is 0 Å². The van der Waals surface area contributed by atoms with E-state index in [1.807, 2.05) is 12.1 Å². The van der Waals surface area contributed by atoms with Gasteiger partial charge in [0.25, 0.3) is 5.89 Å². The molecular weight excluding hydrogens is 280 g/mol. The maximum atomic E-state index is 11.8. The van der Waals surface area contributed by atoms with Gasteiger partial charge in [-0.2, -0.15) is 0 Å². The van der Waals surface area contributed by atoms with Gasteiger partial charge in [-0.15, -0.1) is 10.2 Å². The van der Waals surface area contributed by atoms with E-state index in [1.54, 1.807) is 24.5 Å². The summed E-state index contributed by atoms with van der Waals surface area (Å²) in [5.41, 5.74) is 2.88. The first-order valence-corrected chi connectivity index (χ1v) is 7.09. The number of hydrogen-bond acceptors (Lipinski definition) is 6. The first-order valence-electron chi connectivity index (χ1n) is 7.09. The van der Waals surface area contributed by atoms with Crippen LogP contribution in [-0.4, -0.2) is 25.9 Å². The van der Waals surface area contributed by atoms with E-state index in [-0.39, 0.29) is 5.78 Å². The molecule has 0 bridgehead atoms. The van der Waals surface area contributed by atoms with E-state index in [1.165, 1.54) is 0 Å². The van der Waals surface area contributed by atoms with Crippen LogP contribution >= 0.6 is 0 Å². The molecule has 0 saturated carbocycles. The number of carbonyl (C=O) groups excluding carboxylic acids is 1. The average molecular weight is 292 g/mol. The number of carbonyl (C=O) groups is 1. The van der Waals surface area contributed by atoms with Gasteiger partial charge < -0.3 is 4.42 Å². The summed E-state index contributed by atoms with van der Waals surface area (Å²) in [4.78, 5) is 20.4. The maximum Gasteiger partial charge on any atom is 0.266 e. The molecule has 6 nitrogen and oxygen atoms in total. The molecule has 0 N–H and O–H groups in total. The number of fused-ring (bicyclic) bond motifs is 1. The molecule has 0 saturated heterocycles. The van der Waals surface area contributed by atoms with E-state index in [2.05, 4.69) is 20.2 Å². The molecule has 0 spiro atoms. The molecule has 0 atom stereocenters. The molecule has 108 valence electrons. The monoisotopic (exact) mass is 292 g/mol. The summed E-state index contributed by atoms with van der Waals surface area (Å²) in [6, 6.07) is 7.21. The molecule has 3 aromatic rings. The van der Waals surface area contributed by atoms with Crippen molar-refractivity contribution in [1.29, 1.82) is 0 Å². The second-order valence-electron chi connectivity index (χ2n) is 5.12. The van der Waals surface area contributed by atoms with Crippen LogP contribution in [-0.2, 0) is 6.42 Å². The van der Waals surface area contributed by atoms with E-state index in [4.69, 9.17) is 4.42 Å². The number of pyridine rings is 2. The van der Waals surface area contributed by atoms with Gasteiger partial charge in [-0.25, -0.2) is 4.98 Å². The third kappa shape index (κ3) is 2.18. The molecular formula is C16H12N4O2. The van der Waals surface area contributed by atoms with Crippen LogP contribution in [0.25, 0.3) is 23.0 Å². The van der Waals surface area contributed by atoms with Crippen molar-refractivity contribution in [1.82, 2.24) is 20.2 Å². The third-order valence-corrected chi connectivity index (χ3v) is 3.64. The highest BCUT2D eigenvalue weighted by molar-refractivity contribution is 5.98. The Morgan fingerprint density at radius 1 is 1.05 bits per heavy atom. The van der Waals surface area contributed by atoms with Crippen molar-refractivity contribution in [2.75, 3.05) is 0 Å². The van der Waals surface area contributed by atoms with Gasteiger partial charge in [-0.3, -0.25) is 9.78 Å². The number of Topliss-reactive ketones (excluding diaryl/α,β-unsaturated/α-hetero) is 1. The Labute approximate surface area is 126 Å². The molecule has 0 aliphatic heterocycles. The van der Waals surface area contributed by atoms with Crippen LogP contribution in [0.3, 0.4) is 0 Å². The number of nitrogens with zero attached hydrogens (tertiary/aromatic N) is 4. The highest BCUT2D eigenvalue weighted by Gasteiger charge is 2.20. The zero-order valence-corrected chi connectivity index (χ0v) is 11.7. The SMILES string of the molecule is O=C1CCCc2nc(-c3nnc(-c4cccnc4)o3)ccc21. The summed E-state index contributed by atoms with van der Waals surface area (Å²) in [5, 5.41) is 8.07. The van der Waals surface area contributed by atoms with Crippen molar-refractivity contribution in [2.24, 2.45) is 0 Å². The minimum absolute atomic E-state index is 0.155. The van der Waals surface area contributed by atoms with E-state index in [0.717, 1.165) is 24.1 Å². The van der Waals surface area contributed by atoms with Gasteiger partial charge in [-0.05, 0) is 37.1 Å². The predicted molar refractivity (Wildman–Crippen MR) is 78.0 cm³/mol. The van der Waals surface area contributed by atoms with Gasteiger partial charge in [0.05, 0.1) is 11.3 Å². The van der Waals surface area contributed by atoms with Crippen molar-refractivity contribution >= 4 is 5.78 Å². The van der Waals surface area contributed by atoms with Gasteiger partial charge in [-0.1, -0.05) is 0 Å². The summed E-state index contributed by atoms with van der Waals surface area (Å²) in [6.45, 7) is 0. The summed E-state index contributed by atoms with van der Waals surface area (Å²) >= 11 is 0. The van der Waals surface area contributed by atoms with Crippen molar-refractivity contribution in [3.8, 4) is 23.0 Å². The topological polar surface area (TPSA) is 81.8 Å². The Kier molecular flexibility index (Phi) is 3.00. The Morgan fingerprint density at radius 2 is 1.95 bits per heavy atom. The maximum absolute atomic E-state index is 11.8. The number of aromatic nitrogens is 4. The zero-order chi connectivity index (χ0) is 14.9. The van der Waals surface area contributed by atoms with Crippen molar-refractivity contribution in [2.45, 2.75) is 19.3 Å². The van der Waals surface area contributed by atoms with Gasteiger partial charge in [0.15, 0.2) is 5.78 Å². The van der Waals surface area contributed by atoms with Crippen LogP contribution in [0.2, 0.25) is 0 Å². The molecule has 3 aromatic heterocycles. The largest absolute Gasteiger partial charge is 0.415 e. The molecule has 0 radical (unpaired) electrons. The summed E-state index contributed by atoms with van der Waals surface area (Å²) < 4.78 is 5.66.